The van der Waals surface area contributed by atoms with Gasteiger partial charge in [-0.25, -0.2) is 0 Å². The van der Waals surface area contributed by atoms with Crippen LogP contribution in [0, 0.1) is 0 Å². The molecule has 0 saturated carbocycles. The third-order valence-corrected chi connectivity index (χ3v) is 5.02. The molecule has 1 aliphatic heterocycles. The minimum atomic E-state index is -0.0361. The number of benzene rings is 2. The number of nitrogens with zero attached hydrogens (tertiary/aromatic N) is 3. The van der Waals surface area contributed by atoms with Crippen LogP contribution in [-0.4, -0.2) is 40.6 Å². The predicted octanol–water partition coefficient (Wildman–Crippen LogP) is 4.18. The fraction of sp³-hybridized carbons (Fsp3) is 0.286. The maximum absolute atomic E-state index is 12.5. The van der Waals surface area contributed by atoms with Crippen molar-refractivity contribution in [2.45, 2.75) is 18.8 Å². The summed E-state index contributed by atoms with van der Waals surface area (Å²) < 4.78 is 11.1. The first-order valence-electron chi connectivity index (χ1n) is 9.24. The molecule has 1 aliphatic rings. The van der Waals surface area contributed by atoms with Gasteiger partial charge in [-0.05, 0) is 49.2 Å². The summed E-state index contributed by atoms with van der Waals surface area (Å²) in [6.45, 7) is 1.29. The molecule has 4 rings (SSSR count). The second-order valence-corrected chi connectivity index (χ2v) is 7.18. The van der Waals surface area contributed by atoms with Crippen molar-refractivity contribution in [2.24, 2.45) is 0 Å². The van der Waals surface area contributed by atoms with Gasteiger partial charge in [0.15, 0.2) is 6.61 Å². The van der Waals surface area contributed by atoms with Crippen LogP contribution in [0.5, 0.6) is 5.75 Å². The Labute approximate surface area is 168 Å². The molecule has 144 valence electrons. The van der Waals surface area contributed by atoms with E-state index in [2.05, 4.69) is 10.1 Å². The van der Waals surface area contributed by atoms with Gasteiger partial charge < -0.3 is 14.2 Å². The summed E-state index contributed by atoms with van der Waals surface area (Å²) in [6.07, 6.45) is 1.80. The highest BCUT2D eigenvalue weighted by Crippen LogP contribution is 2.28. The number of piperidine rings is 1. The zero-order valence-corrected chi connectivity index (χ0v) is 16.0. The van der Waals surface area contributed by atoms with Crippen molar-refractivity contribution in [1.29, 1.82) is 0 Å². The fourth-order valence-electron chi connectivity index (χ4n) is 3.28. The molecule has 2 aromatic carbocycles. The summed E-state index contributed by atoms with van der Waals surface area (Å²) in [6, 6.07) is 16.6. The molecular formula is C21H20ClN3O3. The number of hydrogen-bond acceptors (Lipinski definition) is 5. The van der Waals surface area contributed by atoms with Crippen LogP contribution in [0.4, 0.5) is 0 Å². The number of aromatic nitrogens is 2. The molecule has 1 unspecified atom stereocenters. The molecular weight excluding hydrogens is 378 g/mol. The monoisotopic (exact) mass is 397 g/mol. The average molecular weight is 398 g/mol. The molecule has 1 amide bonds. The Bertz CT molecular complexity index is 928. The van der Waals surface area contributed by atoms with E-state index in [1.54, 1.807) is 12.1 Å². The number of halogens is 1. The average Bonchev–Trinajstić information content (AvgIpc) is 3.24. The molecule has 1 saturated heterocycles. The summed E-state index contributed by atoms with van der Waals surface area (Å²) in [5, 5.41) is 4.74. The number of para-hydroxylation sites is 1. The Morgan fingerprint density at radius 1 is 1.18 bits per heavy atom. The molecule has 1 atom stereocenters. The number of amides is 1. The molecule has 3 aromatic rings. The topological polar surface area (TPSA) is 68.5 Å². The van der Waals surface area contributed by atoms with Crippen LogP contribution in [0.25, 0.3) is 11.4 Å². The largest absolute Gasteiger partial charge is 0.484 e. The molecule has 7 heteroatoms. The van der Waals surface area contributed by atoms with Gasteiger partial charge in [0.25, 0.3) is 5.91 Å². The Balaban J connectivity index is 1.38. The van der Waals surface area contributed by atoms with Crippen LogP contribution in [0.1, 0.15) is 24.7 Å². The highest BCUT2D eigenvalue weighted by atomic mass is 35.5. The zero-order valence-electron chi connectivity index (χ0n) is 15.3. The fourth-order valence-corrected chi connectivity index (χ4v) is 3.40. The van der Waals surface area contributed by atoms with Gasteiger partial charge in [0, 0.05) is 23.7 Å². The van der Waals surface area contributed by atoms with Gasteiger partial charge in [0.05, 0.1) is 5.92 Å². The molecule has 2 heterocycles. The number of rotatable bonds is 5. The Morgan fingerprint density at radius 2 is 1.96 bits per heavy atom. The predicted molar refractivity (Wildman–Crippen MR) is 105 cm³/mol. The van der Waals surface area contributed by atoms with E-state index < -0.39 is 0 Å². The van der Waals surface area contributed by atoms with Crippen molar-refractivity contribution in [1.82, 2.24) is 15.0 Å². The number of hydrogen-bond donors (Lipinski definition) is 0. The van der Waals surface area contributed by atoms with Crippen molar-refractivity contribution in [3.8, 4) is 17.1 Å². The Hall–Kier alpha value is -2.86. The number of carbonyl (C=O) groups is 1. The van der Waals surface area contributed by atoms with Gasteiger partial charge in [0.2, 0.25) is 11.7 Å². The molecule has 28 heavy (non-hydrogen) atoms. The van der Waals surface area contributed by atoms with Gasteiger partial charge in [-0.3, -0.25) is 4.79 Å². The van der Waals surface area contributed by atoms with Gasteiger partial charge >= 0.3 is 0 Å². The van der Waals surface area contributed by atoms with Gasteiger partial charge in [-0.15, -0.1) is 0 Å². The molecule has 1 fully saturated rings. The standard InChI is InChI=1S/C21H20ClN3O3/c22-17-10-8-15(9-11-17)20-23-21(28-24-20)16-5-4-12-25(13-16)19(26)14-27-18-6-2-1-3-7-18/h1-3,6-11,16H,4-5,12-14H2. The maximum atomic E-state index is 12.5. The van der Waals surface area contributed by atoms with Crippen LogP contribution in [0.15, 0.2) is 59.1 Å². The highest BCUT2D eigenvalue weighted by Gasteiger charge is 2.28. The highest BCUT2D eigenvalue weighted by molar-refractivity contribution is 6.30. The van der Waals surface area contributed by atoms with Crippen molar-refractivity contribution in [2.75, 3.05) is 19.7 Å². The lowest BCUT2D eigenvalue weighted by Gasteiger charge is -2.30. The minimum absolute atomic E-state index is 0.0244. The van der Waals surface area contributed by atoms with E-state index in [1.165, 1.54) is 0 Å². The molecule has 6 nitrogen and oxygen atoms in total. The summed E-state index contributed by atoms with van der Waals surface area (Å²) in [5.74, 6) is 1.77. The lowest BCUT2D eigenvalue weighted by Crippen LogP contribution is -2.41. The zero-order chi connectivity index (χ0) is 19.3. The smallest absolute Gasteiger partial charge is 0.260 e. The van der Waals surface area contributed by atoms with Crippen LogP contribution < -0.4 is 4.74 Å². The first kappa shape index (κ1) is 18.5. The second-order valence-electron chi connectivity index (χ2n) is 6.74. The lowest BCUT2D eigenvalue weighted by atomic mass is 9.98. The van der Waals surface area contributed by atoms with E-state index in [9.17, 15) is 4.79 Å². The van der Waals surface area contributed by atoms with Gasteiger partial charge in [0.1, 0.15) is 5.75 Å². The van der Waals surface area contributed by atoms with Crippen molar-refractivity contribution < 1.29 is 14.1 Å². The van der Waals surface area contributed by atoms with E-state index >= 15 is 0 Å². The number of likely N-dealkylation sites (tertiary alicyclic amines) is 1. The van der Waals surface area contributed by atoms with Gasteiger partial charge in [-0.1, -0.05) is 35.0 Å². The first-order valence-corrected chi connectivity index (χ1v) is 9.62. The second kappa shape index (κ2) is 8.44. The van der Waals surface area contributed by atoms with Crippen LogP contribution >= 0.6 is 11.6 Å². The van der Waals surface area contributed by atoms with Crippen LogP contribution in [0.3, 0.4) is 0 Å². The van der Waals surface area contributed by atoms with E-state index in [0.717, 1.165) is 18.4 Å². The molecule has 0 radical (unpaired) electrons. The minimum Gasteiger partial charge on any atom is -0.484 e. The molecule has 0 bridgehead atoms. The summed E-state index contributed by atoms with van der Waals surface area (Å²) >= 11 is 5.92. The summed E-state index contributed by atoms with van der Waals surface area (Å²) in [7, 11) is 0. The Kier molecular flexibility index (Phi) is 5.58. The number of ether oxygens (including phenoxy) is 1. The first-order chi connectivity index (χ1) is 13.7. The van der Waals surface area contributed by atoms with Gasteiger partial charge in [-0.2, -0.15) is 4.98 Å². The molecule has 0 aliphatic carbocycles. The molecule has 0 N–H and O–H groups in total. The van der Waals surface area contributed by atoms with E-state index in [-0.39, 0.29) is 18.4 Å². The summed E-state index contributed by atoms with van der Waals surface area (Å²) in [4.78, 5) is 18.9. The van der Waals surface area contributed by atoms with E-state index in [0.29, 0.717) is 35.6 Å². The maximum Gasteiger partial charge on any atom is 0.260 e. The normalized spacial score (nSPS) is 16.8. The molecule has 1 aromatic heterocycles. The van der Waals surface area contributed by atoms with Crippen molar-refractivity contribution in [3.63, 3.8) is 0 Å². The SMILES string of the molecule is O=C(COc1ccccc1)N1CCCC(c2nc(-c3ccc(Cl)cc3)no2)C1. The quantitative estimate of drug-likeness (QED) is 0.646. The third-order valence-electron chi connectivity index (χ3n) is 4.77. The molecule has 0 spiro atoms. The third kappa shape index (κ3) is 4.34. The van der Waals surface area contributed by atoms with E-state index in [4.69, 9.17) is 20.9 Å². The van der Waals surface area contributed by atoms with Crippen LogP contribution in [0.2, 0.25) is 5.02 Å². The summed E-state index contributed by atoms with van der Waals surface area (Å²) in [5.41, 5.74) is 0.847. The Morgan fingerprint density at radius 3 is 2.75 bits per heavy atom. The van der Waals surface area contributed by atoms with Crippen molar-refractivity contribution >= 4 is 17.5 Å². The number of carbonyl (C=O) groups excluding carboxylic acids is 1. The lowest BCUT2D eigenvalue weighted by molar-refractivity contribution is -0.134. The van der Waals surface area contributed by atoms with E-state index in [1.807, 2.05) is 47.4 Å². The van der Waals surface area contributed by atoms with Crippen molar-refractivity contribution in [3.05, 3.63) is 65.5 Å². The van der Waals surface area contributed by atoms with Crippen LogP contribution in [-0.2, 0) is 4.79 Å².